The van der Waals surface area contributed by atoms with E-state index in [-0.39, 0.29) is 0 Å². The molecule has 1 saturated carbocycles. The number of hydrogen-bond donors (Lipinski definition) is 0. The fraction of sp³-hybridized carbons (Fsp3) is 0.733. The summed E-state index contributed by atoms with van der Waals surface area (Å²) < 4.78 is 0. The summed E-state index contributed by atoms with van der Waals surface area (Å²) in [5, 5.41) is 0. The maximum atomic E-state index is 3.89. The summed E-state index contributed by atoms with van der Waals surface area (Å²) >= 11 is 0. The first-order chi connectivity index (χ1) is 7.69. The second-order valence-corrected chi connectivity index (χ2v) is 5.42. The summed E-state index contributed by atoms with van der Waals surface area (Å²) in [5.41, 5.74) is 0. The Morgan fingerprint density at radius 1 is 1.25 bits per heavy atom. The average Bonchev–Trinajstić information content (AvgIpc) is 2.65. The van der Waals surface area contributed by atoms with Crippen molar-refractivity contribution in [2.45, 2.75) is 45.6 Å². The molecule has 0 heterocycles. The number of allylic oxidation sites excluding steroid dienone is 1. The summed E-state index contributed by atoms with van der Waals surface area (Å²) in [4.78, 5) is 2.62. The van der Waals surface area contributed by atoms with Gasteiger partial charge in [0.1, 0.15) is 0 Å². The molecule has 1 aliphatic carbocycles. The Morgan fingerprint density at radius 3 is 2.56 bits per heavy atom. The molecular formula is C15H27N. The lowest BCUT2D eigenvalue weighted by atomic mass is 9.97. The lowest BCUT2D eigenvalue weighted by molar-refractivity contribution is 0.159. The lowest BCUT2D eigenvalue weighted by Crippen LogP contribution is -2.40. The Labute approximate surface area is 101 Å². The van der Waals surface area contributed by atoms with Crippen LogP contribution in [-0.2, 0) is 0 Å². The monoisotopic (exact) mass is 221 g/mol. The van der Waals surface area contributed by atoms with Crippen LogP contribution >= 0.6 is 0 Å². The number of nitrogens with zero attached hydrogens (tertiary/aromatic N) is 1. The highest BCUT2D eigenvalue weighted by Crippen LogP contribution is 2.32. The van der Waals surface area contributed by atoms with E-state index in [0.29, 0.717) is 0 Å². The molecule has 0 aromatic carbocycles. The Morgan fingerprint density at radius 2 is 2.00 bits per heavy atom. The van der Waals surface area contributed by atoms with Gasteiger partial charge in [-0.05, 0) is 31.1 Å². The molecule has 0 aromatic heterocycles. The van der Waals surface area contributed by atoms with Crippen LogP contribution in [0.4, 0.5) is 0 Å². The van der Waals surface area contributed by atoms with E-state index in [4.69, 9.17) is 0 Å². The second-order valence-electron chi connectivity index (χ2n) is 5.42. The molecule has 0 aliphatic heterocycles. The molecule has 1 heteroatoms. The van der Waals surface area contributed by atoms with Gasteiger partial charge in [-0.2, -0.15) is 0 Å². The van der Waals surface area contributed by atoms with Gasteiger partial charge in [-0.15, -0.1) is 13.2 Å². The number of hydrogen-bond acceptors (Lipinski definition) is 1. The summed E-state index contributed by atoms with van der Waals surface area (Å²) in [5.74, 6) is 1.57. The fourth-order valence-corrected chi connectivity index (χ4v) is 2.97. The topological polar surface area (TPSA) is 3.24 Å². The van der Waals surface area contributed by atoms with E-state index in [0.717, 1.165) is 24.4 Å². The first-order valence-corrected chi connectivity index (χ1v) is 6.64. The first-order valence-electron chi connectivity index (χ1n) is 6.64. The van der Waals surface area contributed by atoms with Crippen LogP contribution in [-0.4, -0.2) is 24.0 Å². The van der Waals surface area contributed by atoms with Gasteiger partial charge < -0.3 is 0 Å². The van der Waals surface area contributed by atoms with Gasteiger partial charge in [0.25, 0.3) is 0 Å². The van der Waals surface area contributed by atoms with E-state index in [2.05, 4.69) is 38.0 Å². The van der Waals surface area contributed by atoms with Crippen LogP contribution in [0.25, 0.3) is 0 Å². The SMILES string of the molecule is C=CCC1CCCC1N(CC=C)CC(C)C. The van der Waals surface area contributed by atoms with Crippen molar-refractivity contribution < 1.29 is 0 Å². The van der Waals surface area contributed by atoms with Crippen molar-refractivity contribution >= 4 is 0 Å². The summed E-state index contributed by atoms with van der Waals surface area (Å²) in [6.45, 7) is 14.6. The maximum Gasteiger partial charge on any atom is 0.0163 e. The standard InChI is InChI=1S/C15H27N/c1-5-8-14-9-7-10-15(14)16(11-6-2)12-13(3)4/h5-6,13-15H,1-2,7-12H2,3-4H3. The molecule has 16 heavy (non-hydrogen) atoms. The number of rotatable bonds is 7. The van der Waals surface area contributed by atoms with Gasteiger partial charge >= 0.3 is 0 Å². The predicted octanol–water partition coefficient (Wildman–Crippen LogP) is 3.88. The second kappa shape index (κ2) is 6.90. The van der Waals surface area contributed by atoms with E-state index < -0.39 is 0 Å². The zero-order chi connectivity index (χ0) is 12.0. The molecule has 1 aliphatic rings. The molecular weight excluding hydrogens is 194 g/mol. The van der Waals surface area contributed by atoms with Crippen LogP contribution in [0.1, 0.15) is 39.5 Å². The van der Waals surface area contributed by atoms with Gasteiger partial charge in [0.05, 0.1) is 0 Å². The lowest BCUT2D eigenvalue weighted by Gasteiger charge is -2.33. The first kappa shape index (κ1) is 13.5. The van der Waals surface area contributed by atoms with Crippen LogP contribution < -0.4 is 0 Å². The minimum atomic E-state index is 0.741. The molecule has 0 radical (unpaired) electrons. The van der Waals surface area contributed by atoms with Crippen molar-refractivity contribution in [3.05, 3.63) is 25.3 Å². The molecule has 0 aromatic rings. The highest BCUT2D eigenvalue weighted by Gasteiger charge is 2.30. The molecule has 1 nitrogen and oxygen atoms in total. The van der Waals surface area contributed by atoms with Gasteiger partial charge in [0, 0.05) is 19.1 Å². The third-order valence-electron chi connectivity index (χ3n) is 3.52. The molecule has 1 fully saturated rings. The van der Waals surface area contributed by atoms with Gasteiger partial charge in [0.2, 0.25) is 0 Å². The molecule has 0 amide bonds. The largest absolute Gasteiger partial charge is 0.296 e. The van der Waals surface area contributed by atoms with E-state index in [1.165, 1.54) is 32.2 Å². The molecule has 2 unspecified atom stereocenters. The van der Waals surface area contributed by atoms with E-state index in [1.54, 1.807) is 0 Å². The minimum Gasteiger partial charge on any atom is -0.296 e. The predicted molar refractivity (Wildman–Crippen MR) is 72.6 cm³/mol. The molecule has 0 spiro atoms. The fourth-order valence-electron chi connectivity index (χ4n) is 2.97. The van der Waals surface area contributed by atoms with E-state index in [1.807, 2.05) is 6.08 Å². The van der Waals surface area contributed by atoms with Crippen LogP contribution in [0.2, 0.25) is 0 Å². The van der Waals surface area contributed by atoms with Gasteiger partial charge in [0.15, 0.2) is 0 Å². The molecule has 0 saturated heterocycles. The smallest absolute Gasteiger partial charge is 0.0163 e. The van der Waals surface area contributed by atoms with Crippen LogP contribution in [0.15, 0.2) is 25.3 Å². The van der Waals surface area contributed by atoms with Gasteiger partial charge in [-0.3, -0.25) is 4.90 Å². The van der Waals surface area contributed by atoms with Crippen LogP contribution in [0, 0.1) is 11.8 Å². The normalized spacial score (nSPS) is 25.2. The molecule has 1 rings (SSSR count). The Kier molecular flexibility index (Phi) is 5.83. The Bertz CT molecular complexity index is 219. The van der Waals surface area contributed by atoms with E-state index in [9.17, 15) is 0 Å². The minimum absolute atomic E-state index is 0.741. The summed E-state index contributed by atoms with van der Waals surface area (Å²) in [7, 11) is 0. The molecule has 2 atom stereocenters. The highest BCUT2D eigenvalue weighted by molar-refractivity contribution is 4.91. The van der Waals surface area contributed by atoms with Crippen LogP contribution in [0.5, 0.6) is 0 Å². The van der Waals surface area contributed by atoms with Crippen molar-refractivity contribution in [3.8, 4) is 0 Å². The van der Waals surface area contributed by atoms with Crippen molar-refractivity contribution in [3.63, 3.8) is 0 Å². The van der Waals surface area contributed by atoms with Crippen molar-refractivity contribution in [1.29, 1.82) is 0 Å². The van der Waals surface area contributed by atoms with Crippen molar-refractivity contribution in [1.82, 2.24) is 4.90 Å². The maximum absolute atomic E-state index is 3.89. The van der Waals surface area contributed by atoms with Gasteiger partial charge in [-0.25, -0.2) is 0 Å². The summed E-state index contributed by atoms with van der Waals surface area (Å²) in [6.07, 6.45) is 9.43. The van der Waals surface area contributed by atoms with Crippen LogP contribution in [0.3, 0.4) is 0 Å². The van der Waals surface area contributed by atoms with Crippen molar-refractivity contribution in [2.75, 3.05) is 13.1 Å². The molecule has 92 valence electrons. The third kappa shape index (κ3) is 3.79. The molecule has 0 N–H and O–H groups in total. The zero-order valence-corrected chi connectivity index (χ0v) is 11.0. The van der Waals surface area contributed by atoms with Crippen molar-refractivity contribution in [2.24, 2.45) is 11.8 Å². The average molecular weight is 221 g/mol. The van der Waals surface area contributed by atoms with E-state index >= 15 is 0 Å². The van der Waals surface area contributed by atoms with Gasteiger partial charge in [-0.1, -0.05) is 32.4 Å². The summed E-state index contributed by atoms with van der Waals surface area (Å²) in [6, 6.07) is 0.762. The quantitative estimate of drug-likeness (QED) is 0.590. The third-order valence-corrected chi connectivity index (χ3v) is 3.52. The molecule has 0 bridgehead atoms. The Balaban J connectivity index is 2.60. The zero-order valence-electron chi connectivity index (χ0n) is 11.0. The Hall–Kier alpha value is -0.560. The highest BCUT2D eigenvalue weighted by atomic mass is 15.2.